The lowest BCUT2D eigenvalue weighted by Crippen LogP contribution is -2.16. The third kappa shape index (κ3) is 3.24. The van der Waals surface area contributed by atoms with E-state index < -0.39 is 6.10 Å². The van der Waals surface area contributed by atoms with Gasteiger partial charge < -0.3 is 10.4 Å². The molecule has 4 aromatic rings. The number of anilines is 1. The molecule has 0 saturated heterocycles. The summed E-state index contributed by atoms with van der Waals surface area (Å²) >= 11 is 0. The molecule has 1 unspecified atom stereocenters. The third-order valence-corrected chi connectivity index (χ3v) is 3.81. The molecule has 4 rings (SSSR count). The lowest BCUT2D eigenvalue weighted by molar-refractivity contribution is 0.208. The third-order valence-electron chi connectivity index (χ3n) is 3.81. The first-order valence-electron chi connectivity index (χ1n) is 8.01. The fraction of sp³-hybridized carbons (Fsp3) is 0.235. The molecule has 0 aliphatic heterocycles. The van der Waals surface area contributed by atoms with Gasteiger partial charge >= 0.3 is 0 Å². The summed E-state index contributed by atoms with van der Waals surface area (Å²) < 4.78 is 1.72. The van der Waals surface area contributed by atoms with Gasteiger partial charge in [-0.2, -0.15) is 0 Å². The van der Waals surface area contributed by atoms with Crippen molar-refractivity contribution >= 4 is 28.0 Å². The molecular formula is C17H17N7O. The van der Waals surface area contributed by atoms with E-state index in [1.807, 2.05) is 24.3 Å². The van der Waals surface area contributed by atoms with Crippen molar-refractivity contribution in [2.24, 2.45) is 0 Å². The molecule has 3 heterocycles. The number of pyridine rings is 1. The van der Waals surface area contributed by atoms with Crippen molar-refractivity contribution in [3.05, 3.63) is 48.3 Å². The Morgan fingerprint density at radius 3 is 3.04 bits per heavy atom. The molecule has 0 saturated carbocycles. The molecule has 25 heavy (non-hydrogen) atoms. The first kappa shape index (κ1) is 15.4. The Kier molecular flexibility index (Phi) is 3.95. The van der Waals surface area contributed by atoms with Crippen molar-refractivity contribution in [2.45, 2.75) is 19.6 Å². The summed E-state index contributed by atoms with van der Waals surface area (Å²) in [4.78, 5) is 13.1. The van der Waals surface area contributed by atoms with E-state index >= 15 is 0 Å². The van der Waals surface area contributed by atoms with Gasteiger partial charge in [0.15, 0.2) is 5.65 Å². The number of hydrogen-bond acceptors (Lipinski definition) is 7. The summed E-state index contributed by atoms with van der Waals surface area (Å²) in [6.07, 6.45) is 2.90. The van der Waals surface area contributed by atoms with Crippen LogP contribution in [-0.2, 0) is 6.54 Å². The zero-order chi connectivity index (χ0) is 17.2. The molecule has 0 amide bonds. The number of hydrogen-bond donors (Lipinski definition) is 2. The van der Waals surface area contributed by atoms with E-state index in [1.165, 1.54) is 0 Å². The minimum Gasteiger partial charge on any atom is -0.392 e. The van der Waals surface area contributed by atoms with Crippen molar-refractivity contribution in [3.8, 4) is 0 Å². The summed E-state index contributed by atoms with van der Waals surface area (Å²) in [5.74, 6) is 0.583. The fourth-order valence-electron chi connectivity index (χ4n) is 2.60. The number of nitrogens with one attached hydrogen (secondary N) is 1. The molecule has 126 valence electrons. The smallest absolute Gasteiger partial charge is 0.221 e. The van der Waals surface area contributed by atoms with Crippen LogP contribution in [-0.4, -0.2) is 47.7 Å². The van der Waals surface area contributed by atoms with E-state index in [-0.39, 0.29) is 0 Å². The van der Waals surface area contributed by atoms with Gasteiger partial charge in [-0.25, -0.2) is 14.6 Å². The Morgan fingerprint density at radius 2 is 2.16 bits per heavy atom. The molecular weight excluding hydrogens is 318 g/mol. The van der Waals surface area contributed by atoms with Gasteiger partial charge in [0.05, 0.1) is 24.4 Å². The van der Waals surface area contributed by atoms with E-state index in [0.717, 1.165) is 16.5 Å². The van der Waals surface area contributed by atoms with E-state index in [9.17, 15) is 5.11 Å². The molecule has 8 nitrogen and oxygen atoms in total. The topological polar surface area (TPSA) is 102 Å². The van der Waals surface area contributed by atoms with Gasteiger partial charge in [0.25, 0.3) is 0 Å². The molecule has 1 atom stereocenters. The van der Waals surface area contributed by atoms with Gasteiger partial charge in [-0.1, -0.05) is 17.3 Å². The molecule has 1 aromatic carbocycles. The van der Waals surface area contributed by atoms with E-state index in [1.54, 1.807) is 24.0 Å². The minimum absolute atomic E-state index is 0.402. The summed E-state index contributed by atoms with van der Waals surface area (Å²) in [6, 6.07) is 10.0. The van der Waals surface area contributed by atoms with Crippen LogP contribution in [0.1, 0.15) is 12.5 Å². The Balaban J connectivity index is 1.64. The second kappa shape index (κ2) is 6.40. The largest absolute Gasteiger partial charge is 0.392 e. The van der Waals surface area contributed by atoms with Crippen LogP contribution in [0.3, 0.4) is 0 Å². The fourth-order valence-corrected chi connectivity index (χ4v) is 2.60. The lowest BCUT2D eigenvalue weighted by atomic mass is 10.1. The highest BCUT2D eigenvalue weighted by atomic mass is 16.3. The van der Waals surface area contributed by atoms with Gasteiger partial charge in [-0.05, 0) is 30.7 Å². The van der Waals surface area contributed by atoms with Crippen LogP contribution in [0.5, 0.6) is 0 Å². The van der Waals surface area contributed by atoms with Gasteiger partial charge in [-0.15, -0.1) is 5.10 Å². The van der Waals surface area contributed by atoms with Crippen molar-refractivity contribution < 1.29 is 5.11 Å². The van der Waals surface area contributed by atoms with Gasteiger partial charge in [0, 0.05) is 18.1 Å². The molecule has 0 fully saturated rings. The van der Waals surface area contributed by atoms with Crippen molar-refractivity contribution in [1.29, 1.82) is 0 Å². The van der Waals surface area contributed by atoms with Crippen LogP contribution in [0.2, 0.25) is 0 Å². The normalized spacial score (nSPS) is 12.6. The number of nitrogens with zero attached hydrogens (tertiary/aromatic N) is 6. The van der Waals surface area contributed by atoms with E-state index in [2.05, 4.69) is 36.6 Å². The molecule has 0 aliphatic rings. The number of aromatic nitrogens is 6. The predicted octanol–water partition coefficient (Wildman–Crippen LogP) is 1.61. The standard InChI is InChI=1S/C17H17N7O/c1-11(25)8-19-15-9-20-16-17(21-15)24(23-22-16)10-12-4-5-14-13(7-12)3-2-6-18-14/h2-7,9,11,25H,8,10H2,1H3,(H,19,21). The number of fused-ring (bicyclic) bond motifs is 2. The highest BCUT2D eigenvalue weighted by Gasteiger charge is 2.10. The van der Waals surface area contributed by atoms with E-state index in [0.29, 0.717) is 30.2 Å². The van der Waals surface area contributed by atoms with Crippen LogP contribution < -0.4 is 5.32 Å². The van der Waals surface area contributed by atoms with Crippen LogP contribution in [0.4, 0.5) is 5.82 Å². The summed E-state index contributed by atoms with van der Waals surface area (Å²) in [5, 5.41) is 21.7. The lowest BCUT2D eigenvalue weighted by Gasteiger charge is -2.07. The summed E-state index contributed by atoms with van der Waals surface area (Å²) in [5.41, 5.74) is 3.13. The average molecular weight is 335 g/mol. The quantitative estimate of drug-likeness (QED) is 0.571. The molecule has 8 heteroatoms. The van der Waals surface area contributed by atoms with Crippen LogP contribution in [0.25, 0.3) is 22.2 Å². The average Bonchev–Trinajstić information content (AvgIpc) is 3.02. The predicted molar refractivity (Wildman–Crippen MR) is 94.1 cm³/mol. The highest BCUT2D eigenvalue weighted by molar-refractivity contribution is 5.79. The second-order valence-corrected chi connectivity index (χ2v) is 5.91. The van der Waals surface area contributed by atoms with Crippen molar-refractivity contribution in [1.82, 2.24) is 29.9 Å². The molecule has 0 radical (unpaired) electrons. The number of aliphatic hydroxyl groups excluding tert-OH is 1. The minimum atomic E-state index is -0.466. The second-order valence-electron chi connectivity index (χ2n) is 5.91. The number of aliphatic hydroxyl groups is 1. The van der Waals surface area contributed by atoms with Crippen LogP contribution in [0.15, 0.2) is 42.7 Å². The van der Waals surface area contributed by atoms with Crippen LogP contribution >= 0.6 is 0 Å². The highest BCUT2D eigenvalue weighted by Crippen LogP contribution is 2.16. The SMILES string of the molecule is CC(O)CNc1cnc2nnn(Cc3ccc4ncccc4c3)c2n1. The van der Waals surface area contributed by atoms with Gasteiger partial charge in [-0.3, -0.25) is 4.98 Å². The number of benzene rings is 1. The summed E-state index contributed by atoms with van der Waals surface area (Å²) in [7, 11) is 0. The first-order chi connectivity index (χ1) is 12.2. The number of rotatable bonds is 5. The molecule has 3 aromatic heterocycles. The molecule has 0 bridgehead atoms. The molecule has 0 spiro atoms. The monoisotopic (exact) mass is 335 g/mol. The Labute approximate surface area is 143 Å². The van der Waals surface area contributed by atoms with E-state index in [4.69, 9.17) is 0 Å². The van der Waals surface area contributed by atoms with Crippen LogP contribution in [0, 0.1) is 0 Å². The maximum Gasteiger partial charge on any atom is 0.221 e. The molecule has 0 aliphatic carbocycles. The molecule has 2 N–H and O–H groups in total. The maximum atomic E-state index is 9.38. The van der Waals surface area contributed by atoms with Crippen molar-refractivity contribution in [2.75, 3.05) is 11.9 Å². The Bertz CT molecular complexity index is 1030. The zero-order valence-corrected chi connectivity index (χ0v) is 13.7. The first-order valence-corrected chi connectivity index (χ1v) is 8.01. The maximum absolute atomic E-state index is 9.38. The zero-order valence-electron chi connectivity index (χ0n) is 13.7. The Morgan fingerprint density at radius 1 is 1.24 bits per heavy atom. The van der Waals surface area contributed by atoms with Gasteiger partial charge in [0.1, 0.15) is 5.82 Å². The Hall–Kier alpha value is -3.13. The summed E-state index contributed by atoms with van der Waals surface area (Å²) in [6.45, 7) is 2.65. The van der Waals surface area contributed by atoms with Gasteiger partial charge in [0.2, 0.25) is 5.65 Å². The van der Waals surface area contributed by atoms with Crippen molar-refractivity contribution in [3.63, 3.8) is 0 Å².